The molecule has 0 spiro atoms. The lowest BCUT2D eigenvalue weighted by Gasteiger charge is -2.06. The number of hydrogen-bond acceptors (Lipinski definition) is 6. The highest BCUT2D eigenvalue weighted by Gasteiger charge is 2.15. The molecule has 0 unspecified atom stereocenters. The fraction of sp³-hybridized carbons (Fsp3) is 0.0769. The van der Waals surface area contributed by atoms with E-state index >= 15 is 0 Å². The van der Waals surface area contributed by atoms with Gasteiger partial charge in [-0.05, 0) is 19.1 Å². The molecule has 94 valence electrons. The molecule has 2 heterocycles. The van der Waals surface area contributed by atoms with Gasteiger partial charge in [-0.25, -0.2) is 0 Å². The molecule has 2 aromatic rings. The monoisotopic (exact) mass is 252 g/mol. The van der Waals surface area contributed by atoms with Gasteiger partial charge in [-0.1, -0.05) is 12.1 Å². The summed E-state index contributed by atoms with van der Waals surface area (Å²) in [7, 11) is 0. The van der Waals surface area contributed by atoms with Crippen molar-refractivity contribution in [2.75, 3.05) is 5.43 Å². The first kappa shape index (κ1) is 11.3. The van der Waals surface area contributed by atoms with Crippen LogP contribution >= 0.6 is 0 Å². The van der Waals surface area contributed by atoms with Crippen LogP contribution in [0.2, 0.25) is 0 Å². The number of nitrogens with zero attached hydrogens (tertiary/aromatic N) is 4. The molecule has 0 atom stereocenters. The Balaban J connectivity index is 1.97. The van der Waals surface area contributed by atoms with Gasteiger partial charge >= 0.3 is 0 Å². The van der Waals surface area contributed by atoms with E-state index < -0.39 is 0 Å². The first-order valence-corrected chi connectivity index (χ1v) is 5.80. The van der Waals surface area contributed by atoms with Crippen molar-refractivity contribution < 1.29 is 0 Å². The molecule has 6 heteroatoms. The molecule has 3 rings (SSSR count). The van der Waals surface area contributed by atoms with Crippen molar-refractivity contribution in [2.24, 2.45) is 21.0 Å². The van der Waals surface area contributed by atoms with Gasteiger partial charge in [0.2, 0.25) is 0 Å². The number of amidine groups is 1. The number of nitrogens with one attached hydrogen (secondary N) is 1. The predicted octanol–water partition coefficient (Wildman–Crippen LogP) is 1.75. The van der Waals surface area contributed by atoms with Crippen LogP contribution in [0.25, 0.3) is 10.8 Å². The van der Waals surface area contributed by atoms with Crippen molar-refractivity contribution in [3.05, 3.63) is 36.7 Å². The quantitative estimate of drug-likeness (QED) is 0.798. The van der Waals surface area contributed by atoms with E-state index in [0.29, 0.717) is 17.3 Å². The van der Waals surface area contributed by atoms with Crippen molar-refractivity contribution in [1.82, 2.24) is 4.98 Å². The maximum absolute atomic E-state index is 5.70. The normalized spacial score (nSPS) is 16.6. The number of pyridine rings is 1. The Hall–Kier alpha value is -2.76. The third kappa shape index (κ3) is 2.03. The van der Waals surface area contributed by atoms with Gasteiger partial charge in [0.15, 0.2) is 11.5 Å². The summed E-state index contributed by atoms with van der Waals surface area (Å²) in [5, 5.41) is 14.0. The van der Waals surface area contributed by atoms with E-state index in [1.807, 2.05) is 37.4 Å². The highest BCUT2D eigenvalue weighted by molar-refractivity contribution is 6.69. The maximum atomic E-state index is 5.70. The number of hydrazone groups is 1. The lowest BCUT2D eigenvalue weighted by molar-refractivity contribution is 1.25. The Bertz CT molecular complexity index is 703. The van der Waals surface area contributed by atoms with Gasteiger partial charge in [0, 0.05) is 23.2 Å². The number of aromatic nitrogens is 1. The average molecular weight is 252 g/mol. The molecule has 0 saturated heterocycles. The van der Waals surface area contributed by atoms with E-state index in [-0.39, 0.29) is 0 Å². The summed E-state index contributed by atoms with van der Waals surface area (Å²) < 4.78 is 0. The SMILES string of the molecule is CC1=NN=C(N)/C1=N/Nc1cccc2cnccc12. The third-order valence-electron chi connectivity index (χ3n) is 2.86. The molecule has 1 aromatic carbocycles. The lowest BCUT2D eigenvalue weighted by Crippen LogP contribution is -2.26. The summed E-state index contributed by atoms with van der Waals surface area (Å²) in [6.45, 7) is 1.82. The Kier molecular flexibility index (Phi) is 2.68. The third-order valence-corrected chi connectivity index (χ3v) is 2.86. The minimum atomic E-state index is 0.326. The molecule has 0 fully saturated rings. The van der Waals surface area contributed by atoms with E-state index in [0.717, 1.165) is 16.5 Å². The van der Waals surface area contributed by atoms with Gasteiger partial charge in [0.1, 0.15) is 0 Å². The van der Waals surface area contributed by atoms with Crippen LogP contribution in [-0.2, 0) is 0 Å². The minimum Gasteiger partial charge on any atom is -0.380 e. The van der Waals surface area contributed by atoms with Gasteiger partial charge in [-0.2, -0.15) is 10.2 Å². The topological polar surface area (TPSA) is 88.0 Å². The second kappa shape index (κ2) is 4.49. The molecule has 1 aromatic heterocycles. The molecule has 6 nitrogen and oxygen atoms in total. The van der Waals surface area contributed by atoms with Crippen molar-refractivity contribution in [3.8, 4) is 0 Å². The van der Waals surface area contributed by atoms with Crippen LogP contribution in [0, 0.1) is 0 Å². The van der Waals surface area contributed by atoms with Crippen molar-refractivity contribution in [1.29, 1.82) is 0 Å². The molecule has 1 aliphatic rings. The summed E-state index contributed by atoms with van der Waals surface area (Å²) in [4.78, 5) is 4.09. The summed E-state index contributed by atoms with van der Waals surface area (Å²) in [6.07, 6.45) is 3.56. The largest absolute Gasteiger partial charge is 0.380 e. The van der Waals surface area contributed by atoms with E-state index in [9.17, 15) is 0 Å². The lowest BCUT2D eigenvalue weighted by atomic mass is 10.1. The number of fused-ring (bicyclic) bond motifs is 1. The highest BCUT2D eigenvalue weighted by atomic mass is 15.3. The predicted molar refractivity (Wildman–Crippen MR) is 77.5 cm³/mol. The van der Waals surface area contributed by atoms with Gasteiger partial charge in [-0.3, -0.25) is 10.4 Å². The van der Waals surface area contributed by atoms with Gasteiger partial charge in [0.25, 0.3) is 0 Å². The number of hydrogen-bond donors (Lipinski definition) is 2. The molecule has 3 N–H and O–H groups in total. The molecule has 0 bridgehead atoms. The van der Waals surface area contributed by atoms with E-state index in [4.69, 9.17) is 5.73 Å². The van der Waals surface area contributed by atoms with Crippen LogP contribution in [-0.4, -0.2) is 22.2 Å². The van der Waals surface area contributed by atoms with Crippen LogP contribution in [0.5, 0.6) is 0 Å². The Morgan fingerprint density at radius 1 is 1.21 bits per heavy atom. The van der Waals surface area contributed by atoms with Gasteiger partial charge in [-0.15, -0.1) is 5.10 Å². The zero-order valence-corrected chi connectivity index (χ0v) is 10.3. The molecule has 0 aliphatic carbocycles. The molecular formula is C13H12N6. The van der Waals surface area contributed by atoms with E-state index in [1.54, 1.807) is 6.20 Å². The van der Waals surface area contributed by atoms with Gasteiger partial charge < -0.3 is 5.73 Å². The molecule has 1 aliphatic heterocycles. The number of rotatable bonds is 2. The summed E-state index contributed by atoms with van der Waals surface area (Å²) in [6, 6.07) is 7.82. The first-order valence-electron chi connectivity index (χ1n) is 5.80. The fourth-order valence-corrected chi connectivity index (χ4v) is 1.88. The van der Waals surface area contributed by atoms with Crippen LogP contribution < -0.4 is 11.2 Å². The standard InChI is InChI=1S/C13H12N6/c1-8-12(13(14)19-16-8)18-17-11-4-2-3-9-7-15-6-5-10(9)11/h2-7,17H,1H3,(H2,14,18,19). The van der Waals surface area contributed by atoms with Crippen LogP contribution in [0.3, 0.4) is 0 Å². The molecule has 0 radical (unpaired) electrons. The van der Waals surface area contributed by atoms with Gasteiger partial charge in [0.05, 0.1) is 11.4 Å². The molecular weight excluding hydrogens is 240 g/mol. The Morgan fingerprint density at radius 3 is 2.89 bits per heavy atom. The Labute approximate surface area is 109 Å². The van der Waals surface area contributed by atoms with E-state index in [2.05, 4.69) is 25.7 Å². The zero-order valence-electron chi connectivity index (χ0n) is 10.3. The van der Waals surface area contributed by atoms with Crippen molar-refractivity contribution >= 4 is 33.7 Å². The number of benzene rings is 1. The highest BCUT2D eigenvalue weighted by Crippen LogP contribution is 2.22. The summed E-state index contributed by atoms with van der Waals surface area (Å²) in [5.74, 6) is 0.326. The molecule has 0 saturated carbocycles. The second-order valence-corrected chi connectivity index (χ2v) is 4.15. The van der Waals surface area contributed by atoms with Crippen LogP contribution in [0.1, 0.15) is 6.92 Å². The van der Waals surface area contributed by atoms with E-state index in [1.165, 1.54) is 0 Å². The minimum absolute atomic E-state index is 0.326. The molecule has 19 heavy (non-hydrogen) atoms. The molecule has 0 amide bonds. The maximum Gasteiger partial charge on any atom is 0.175 e. The number of anilines is 1. The summed E-state index contributed by atoms with van der Waals surface area (Å²) in [5.41, 5.74) is 10.9. The summed E-state index contributed by atoms with van der Waals surface area (Å²) >= 11 is 0. The van der Waals surface area contributed by atoms with Crippen molar-refractivity contribution in [2.45, 2.75) is 6.92 Å². The zero-order chi connectivity index (χ0) is 13.2. The fourth-order valence-electron chi connectivity index (χ4n) is 1.88. The second-order valence-electron chi connectivity index (χ2n) is 4.15. The van der Waals surface area contributed by atoms with Crippen molar-refractivity contribution in [3.63, 3.8) is 0 Å². The van der Waals surface area contributed by atoms with Crippen LogP contribution in [0.4, 0.5) is 5.69 Å². The Morgan fingerprint density at radius 2 is 2.11 bits per heavy atom. The smallest absolute Gasteiger partial charge is 0.175 e. The number of nitrogens with two attached hydrogens (primary N) is 1. The first-order chi connectivity index (χ1) is 9.25. The van der Waals surface area contributed by atoms with Crippen LogP contribution in [0.15, 0.2) is 52.0 Å². The average Bonchev–Trinajstić information content (AvgIpc) is 2.76.